The molecule has 0 fully saturated rings. The van der Waals surface area contributed by atoms with E-state index in [1.165, 1.54) is 12.8 Å². The average Bonchev–Trinajstić information content (AvgIpc) is 2.39. The monoisotopic (exact) mass is 247 g/mol. The van der Waals surface area contributed by atoms with Gasteiger partial charge in [-0.1, -0.05) is 20.3 Å². The Morgan fingerprint density at radius 1 is 1.22 bits per heavy atom. The first-order valence-corrected chi connectivity index (χ1v) is 6.47. The van der Waals surface area contributed by atoms with Crippen molar-refractivity contribution in [3.63, 3.8) is 0 Å². The van der Waals surface area contributed by atoms with E-state index in [1.54, 1.807) is 24.3 Å². The lowest BCUT2D eigenvalue weighted by Crippen LogP contribution is -2.11. The van der Waals surface area contributed by atoms with E-state index in [9.17, 15) is 0 Å². The minimum absolute atomic E-state index is 0.546. The number of hydrogen-bond acceptors (Lipinski definition) is 3. The molecule has 98 valence electrons. The van der Waals surface area contributed by atoms with Crippen LogP contribution in [0.5, 0.6) is 5.75 Å². The Kier molecular flexibility index (Phi) is 6.90. The van der Waals surface area contributed by atoms with Crippen molar-refractivity contribution in [2.24, 2.45) is 5.92 Å². The molecule has 18 heavy (non-hydrogen) atoms. The third-order valence-corrected chi connectivity index (χ3v) is 2.66. The highest BCUT2D eigenvalue weighted by Crippen LogP contribution is 2.11. The maximum absolute atomic E-state index is 8.66. The lowest BCUT2D eigenvalue weighted by molar-refractivity contribution is 0.0758. The lowest BCUT2D eigenvalue weighted by atomic mass is 10.1. The molecule has 0 bridgehead atoms. The standard InChI is InChI=1S/C15H21NO2/c1-3-4-13(2)12-17-9-10-18-15-7-5-14(11-16)6-8-15/h5-8,13H,3-4,9-10,12H2,1-2H3. The van der Waals surface area contributed by atoms with Crippen LogP contribution in [0.3, 0.4) is 0 Å². The maximum atomic E-state index is 8.66. The Labute approximate surface area is 109 Å². The fourth-order valence-corrected chi connectivity index (χ4v) is 1.70. The summed E-state index contributed by atoms with van der Waals surface area (Å²) in [6, 6.07) is 9.18. The molecule has 1 aromatic rings. The average molecular weight is 247 g/mol. The third kappa shape index (κ3) is 5.70. The molecule has 1 unspecified atom stereocenters. The highest BCUT2D eigenvalue weighted by Gasteiger charge is 2.00. The molecule has 0 aliphatic rings. The minimum atomic E-state index is 0.546. The molecule has 1 rings (SSSR count). The molecule has 0 heterocycles. The molecule has 0 saturated heterocycles. The largest absolute Gasteiger partial charge is 0.491 e. The number of benzene rings is 1. The summed E-state index contributed by atoms with van der Waals surface area (Å²) in [5.74, 6) is 1.39. The smallest absolute Gasteiger partial charge is 0.119 e. The fraction of sp³-hybridized carbons (Fsp3) is 0.533. The van der Waals surface area contributed by atoms with Gasteiger partial charge in [-0.05, 0) is 36.6 Å². The molecule has 0 amide bonds. The van der Waals surface area contributed by atoms with Crippen LogP contribution in [-0.4, -0.2) is 19.8 Å². The predicted molar refractivity (Wildman–Crippen MR) is 71.5 cm³/mol. The first-order chi connectivity index (χ1) is 8.76. The highest BCUT2D eigenvalue weighted by atomic mass is 16.5. The van der Waals surface area contributed by atoms with Crippen molar-refractivity contribution in [1.29, 1.82) is 5.26 Å². The molecule has 0 saturated carbocycles. The van der Waals surface area contributed by atoms with Crippen LogP contribution in [0.4, 0.5) is 0 Å². The Balaban J connectivity index is 2.12. The number of ether oxygens (including phenoxy) is 2. The van der Waals surface area contributed by atoms with Crippen molar-refractivity contribution >= 4 is 0 Å². The van der Waals surface area contributed by atoms with Gasteiger partial charge in [0.25, 0.3) is 0 Å². The number of hydrogen-bond donors (Lipinski definition) is 0. The van der Waals surface area contributed by atoms with Crippen molar-refractivity contribution in [3.05, 3.63) is 29.8 Å². The van der Waals surface area contributed by atoms with Crippen molar-refractivity contribution < 1.29 is 9.47 Å². The second-order valence-corrected chi connectivity index (χ2v) is 4.45. The van der Waals surface area contributed by atoms with Crippen molar-refractivity contribution in [1.82, 2.24) is 0 Å². The van der Waals surface area contributed by atoms with Crippen LogP contribution >= 0.6 is 0 Å². The van der Waals surface area contributed by atoms with E-state index < -0.39 is 0 Å². The quantitative estimate of drug-likeness (QED) is 0.661. The minimum Gasteiger partial charge on any atom is -0.491 e. The summed E-state index contributed by atoms with van der Waals surface area (Å²) in [4.78, 5) is 0. The Bertz CT molecular complexity index is 367. The van der Waals surface area contributed by atoms with Crippen LogP contribution in [0.1, 0.15) is 32.3 Å². The van der Waals surface area contributed by atoms with Crippen molar-refractivity contribution in [3.8, 4) is 11.8 Å². The van der Waals surface area contributed by atoms with Crippen molar-refractivity contribution in [2.45, 2.75) is 26.7 Å². The summed E-state index contributed by atoms with van der Waals surface area (Å²) in [7, 11) is 0. The van der Waals surface area contributed by atoms with Crippen LogP contribution < -0.4 is 4.74 Å². The van der Waals surface area contributed by atoms with Gasteiger partial charge in [0.15, 0.2) is 0 Å². The molecule has 3 nitrogen and oxygen atoms in total. The molecule has 0 radical (unpaired) electrons. The van der Waals surface area contributed by atoms with E-state index >= 15 is 0 Å². The van der Waals surface area contributed by atoms with Crippen LogP contribution in [0.15, 0.2) is 24.3 Å². The topological polar surface area (TPSA) is 42.2 Å². The molecule has 3 heteroatoms. The Morgan fingerprint density at radius 3 is 2.56 bits per heavy atom. The molecular formula is C15H21NO2. The van der Waals surface area contributed by atoms with E-state index in [1.807, 2.05) is 0 Å². The van der Waals surface area contributed by atoms with Gasteiger partial charge in [0.2, 0.25) is 0 Å². The van der Waals surface area contributed by atoms with Gasteiger partial charge in [0.05, 0.1) is 18.2 Å². The molecule has 0 aromatic heterocycles. The number of nitriles is 1. The zero-order chi connectivity index (χ0) is 13.2. The van der Waals surface area contributed by atoms with Gasteiger partial charge in [-0.3, -0.25) is 0 Å². The van der Waals surface area contributed by atoms with Crippen molar-refractivity contribution in [2.75, 3.05) is 19.8 Å². The summed E-state index contributed by atoms with van der Waals surface area (Å²) < 4.78 is 11.1. The van der Waals surface area contributed by atoms with E-state index in [0.29, 0.717) is 24.7 Å². The second kappa shape index (κ2) is 8.54. The maximum Gasteiger partial charge on any atom is 0.119 e. The Hall–Kier alpha value is -1.53. The molecule has 0 aliphatic heterocycles. The van der Waals surface area contributed by atoms with E-state index in [4.69, 9.17) is 14.7 Å². The van der Waals surface area contributed by atoms with Gasteiger partial charge >= 0.3 is 0 Å². The van der Waals surface area contributed by atoms with Crippen LogP contribution in [0, 0.1) is 17.2 Å². The van der Waals surface area contributed by atoms with Gasteiger partial charge in [0, 0.05) is 6.61 Å². The van der Waals surface area contributed by atoms with Crippen LogP contribution in [-0.2, 0) is 4.74 Å². The summed E-state index contributed by atoms with van der Waals surface area (Å²) in [6.07, 6.45) is 2.41. The molecule has 1 atom stereocenters. The molecular weight excluding hydrogens is 226 g/mol. The first-order valence-electron chi connectivity index (χ1n) is 6.47. The summed E-state index contributed by atoms with van der Waals surface area (Å²) in [5.41, 5.74) is 0.645. The third-order valence-electron chi connectivity index (χ3n) is 2.66. The molecule has 0 N–H and O–H groups in total. The van der Waals surface area contributed by atoms with Gasteiger partial charge in [-0.2, -0.15) is 5.26 Å². The number of nitrogens with zero attached hydrogens (tertiary/aromatic N) is 1. The van der Waals surface area contributed by atoms with Gasteiger partial charge in [-0.15, -0.1) is 0 Å². The second-order valence-electron chi connectivity index (χ2n) is 4.45. The predicted octanol–water partition coefficient (Wildman–Crippen LogP) is 3.39. The van der Waals surface area contributed by atoms with E-state index in [0.717, 1.165) is 12.4 Å². The first kappa shape index (κ1) is 14.5. The normalized spacial score (nSPS) is 11.8. The molecule has 1 aromatic carbocycles. The summed E-state index contributed by atoms with van der Waals surface area (Å²) in [5, 5.41) is 8.66. The lowest BCUT2D eigenvalue weighted by Gasteiger charge is -2.11. The highest BCUT2D eigenvalue weighted by molar-refractivity contribution is 5.34. The fourth-order valence-electron chi connectivity index (χ4n) is 1.70. The van der Waals surface area contributed by atoms with Gasteiger partial charge in [-0.25, -0.2) is 0 Å². The molecule has 0 spiro atoms. The zero-order valence-electron chi connectivity index (χ0n) is 11.2. The number of rotatable bonds is 8. The Morgan fingerprint density at radius 2 is 1.94 bits per heavy atom. The van der Waals surface area contributed by atoms with Gasteiger partial charge < -0.3 is 9.47 Å². The summed E-state index contributed by atoms with van der Waals surface area (Å²) in [6.45, 7) is 6.33. The summed E-state index contributed by atoms with van der Waals surface area (Å²) >= 11 is 0. The molecule has 0 aliphatic carbocycles. The van der Waals surface area contributed by atoms with Gasteiger partial charge in [0.1, 0.15) is 12.4 Å². The van der Waals surface area contributed by atoms with E-state index in [-0.39, 0.29) is 0 Å². The van der Waals surface area contributed by atoms with Crippen LogP contribution in [0.25, 0.3) is 0 Å². The van der Waals surface area contributed by atoms with Crippen LogP contribution in [0.2, 0.25) is 0 Å². The van der Waals surface area contributed by atoms with E-state index in [2.05, 4.69) is 19.9 Å². The SMILES string of the molecule is CCCC(C)COCCOc1ccc(C#N)cc1. The zero-order valence-corrected chi connectivity index (χ0v) is 11.2.